The lowest BCUT2D eigenvalue weighted by molar-refractivity contribution is -0.120. The fraction of sp³-hybridized carbons (Fsp3) is 0.474. The van der Waals surface area contributed by atoms with E-state index in [1.807, 2.05) is 18.3 Å². The number of hydrogen-bond acceptors (Lipinski definition) is 2. The van der Waals surface area contributed by atoms with E-state index in [4.69, 9.17) is 0 Å². The quantitative estimate of drug-likeness (QED) is 0.931. The van der Waals surface area contributed by atoms with E-state index in [9.17, 15) is 4.79 Å². The molecule has 1 aliphatic carbocycles. The Morgan fingerprint density at radius 2 is 2.04 bits per heavy atom. The maximum atomic E-state index is 12.4. The number of rotatable bonds is 3. The van der Waals surface area contributed by atoms with Gasteiger partial charge in [0.25, 0.3) is 0 Å². The highest BCUT2D eigenvalue weighted by Crippen LogP contribution is 2.29. The fourth-order valence-corrected chi connectivity index (χ4v) is 3.85. The first kappa shape index (κ1) is 14.5. The minimum atomic E-state index is 0.181. The van der Waals surface area contributed by atoms with Gasteiger partial charge in [-0.3, -0.25) is 4.79 Å². The number of nitrogens with zero attached hydrogens (tertiary/aromatic N) is 2. The second-order valence-electron chi connectivity index (χ2n) is 6.72. The van der Waals surface area contributed by atoms with E-state index >= 15 is 0 Å². The number of aryl methyl sites for hydroxylation is 1. The Morgan fingerprint density at radius 3 is 2.91 bits per heavy atom. The lowest BCUT2D eigenvalue weighted by Gasteiger charge is -2.20. The van der Waals surface area contributed by atoms with Crippen LogP contribution in [-0.4, -0.2) is 15.5 Å². The van der Waals surface area contributed by atoms with Gasteiger partial charge >= 0.3 is 0 Å². The molecule has 2 heterocycles. The number of hydrogen-bond donors (Lipinski definition) is 1. The lowest BCUT2D eigenvalue weighted by Crippen LogP contribution is -2.24. The maximum Gasteiger partial charge on any atom is 0.227 e. The number of imidazole rings is 1. The topological polar surface area (TPSA) is 46.9 Å². The molecular formula is C19H23N3O. The molecule has 0 unspecified atom stereocenters. The molecule has 1 aromatic heterocycles. The van der Waals surface area contributed by atoms with Crippen LogP contribution in [0.2, 0.25) is 0 Å². The van der Waals surface area contributed by atoms with Crippen molar-refractivity contribution in [1.82, 2.24) is 9.55 Å². The van der Waals surface area contributed by atoms with Gasteiger partial charge in [-0.1, -0.05) is 31.4 Å². The van der Waals surface area contributed by atoms with Crippen LogP contribution in [0.25, 0.3) is 11.3 Å². The minimum absolute atomic E-state index is 0.181. The number of carbonyl (C=O) groups is 1. The molecule has 23 heavy (non-hydrogen) atoms. The van der Waals surface area contributed by atoms with Gasteiger partial charge in [-0.05, 0) is 31.4 Å². The first-order valence-electron chi connectivity index (χ1n) is 8.77. The van der Waals surface area contributed by atoms with Crippen molar-refractivity contribution < 1.29 is 4.79 Å². The summed E-state index contributed by atoms with van der Waals surface area (Å²) in [4.78, 5) is 16.9. The van der Waals surface area contributed by atoms with Crippen LogP contribution < -0.4 is 5.32 Å². The van der Waals surface area contributed by atoms with Crippen molar-refractivity contribution in [2.75, 3.05) is 5.32 Å². The van der Waals surface area contributed by atoms with Crippen molar-refractivity contribution in [3.63, 3.8) is 0 Å². The molecule has 0 radical (unpaired) electrons. The van der Waals surface area contributed by atoms with Gasteiger partial charge in [0.2, 0.25) is 5.91 Å². The maximum absolute atomic E-state index is 12.4. The minimum Gasteiger partial charge on any atom is -0.328 e. The lowest BCUT2D eigenvalue weighted by atomic mass is 9.88. The summed E-state index contributed by atoms with van der Waals surface area (Å²) in [5.41, 5.74) is 3.19. The van der Waals surface area contributed by atoms with Gasteiger partial charge < -0.3 is 9.88 Å². The molecule has 2 aromatic rings. The molecule has 4 rings (SSSR count). The van der Waals surface area contributed by atoms with Gasteiger partial charge in [0.05, 0.1) is 11.9 Å². The zero-order valence-electron chi connectivity index (χ0n) is 13.4. The Hall–Kier alpha value is -2.10. The third-order valence-corrected chi connectivity index (χ3v) is 5.12. The zero-order valence-corrected chi connectivity index (χ0v) is 13.4. The van der Waals surface area contributed by atoms with E-state index < -0.39 is 0 Å². The first-order chi connectivity index (χ1) is 11.3. The standard InChI is InChI=1S/C19H23N3O/c23-19(14-6-2-1-3-7-14)21-16-9-4-8-15(12-16)17-13-20-18-10-5-11-22(17)18/h4,8-9,12-14H,1-3,5-7,10-11H2,(H,21,23). The second-order valence-corrected chi connectivity index (χ2v) is 6.72. The smallest absolute Gasteiger partial charge is 0.227 e. The summed E-state index contributed by atoms with van der Waals surface area (Å²) in [6, 6.07) is 8.16. The van der Waals surface area contributed by atoms with Gasteiger partial charge in [-0.25, -0.2) is 4.98 Å². The Kier molecular flexibility index (Phi) is 3.90. The van der Waals surface area contributed by atoms with Gasteiger partial charge in [-0.2, -0.15) is 0 Å². The summed E-state index contributed by atoms with van der Waals surface area (Å²) in [6.07, 6.45) is 9.89. The molecule has 120 valence electrons. The van der Waals surface area contributed by atoms with Crippen molar-refractivity contribution in [2.24, 2.45) is 5.92 Å². The third kappa shape index (κ3) is 2.90. The van der Waals surface area contributed by atoms with Crippen LogP contribution in [0, 0.1) is 5.92 Å². The van der Waals surface area contributed by atoms with Crippen LogP contribution in [-0.2, 0) is 17.8 Å². The number of nitrogens with one attached hydrogen (secondary N) is 1. The molecule has 0 spiro atoms. The highest BCUT2D eigenvalue weighted by Gasteiger charge is 2.21. The van der Waals surface area contributed by atoms with E-state index in [-0.39, 0.29) is 11.8 Å². The Labute approximate surface area is 136 Å². The fourth-order valence-electron chi connectivity index (χ4n) is 3.85. The average Bonchev–Trinajstić information content (AvgIpc) is 3.19. The molecule has 1 aromatic carbocycles. The molecule has 2 aliphatic rings. The average molecular weight is 309 g/mol. The van der Waals surface area contributed by atoms with Gasteiger partial charge in [0.15, 0.2) is 0 Å². The van der Waals surface area contributed by atoms with Crippen LogP contribution in [0.3, 0.4) is 0 Å². The number of anilines is 1. The molecule has 0 saturated heterocycles. The van der Waals surface area contributed by atoms with Crippen molar-refractivity contribution >= 4 is 11.6 Å². The van der Waals surface area contributed by atoms with E-state index in [1.165, 1.54) is 31.5 Å². The number of carbonyl (C=O) groups excluding carboxylic acids is 1. The molecule has 0 atom stereocenters. The first-order valence-corrected chi connectivity index (χ1v) is 8.77. The SMILES string of the molecule is O=C(Nc1cccc(-c2cnc3n2CCC3)c1)C1CCCCC1. The van der Waals surface area contributed by atoms with Crippen molar-refractivity contribution in [2.45, 2.75) is 51.5 Å². The third-order valence-electron chi connectivity index (χ3n) is 5.12. The molecule has 1 N–H and O–H groups in total. The normalized spacial score (nSPS) is 17.9. The van der Waals surface area contributed by atoms with Crippen LogP contribution in [0.15, 0.2) is 30.5 Å². The number of benzene rings is 1. The number of amides is 1. The molecule has 0 bridgehead atoms. The highest BCUT2D eigenvalue weighted by atomic mass is 16.1. The van der Waals surface area contributed by atoms with Crippen molar-refractivity contribution in [3.05, 3.63) is 36.3 Å². The van der Waals surface area contributed by atoms with E-state index in [0.717, 1.165) is 42.8 Å². The summed E-state index contributed by atoms with van der Waals surface area (Å²) in [5.74, 6) is 1.55. The monoisotopic (exact) mass is 309 g/mol. The van der Waals surface area contributed by atoms with Gasteiger partial charge in [0, 0.05) is 30.1 Å². The predicted octanol–water partition coefficient (Wildman–Crippen LogP) is 4.02. The summed E-state index contributed by atoms with van der Waals surface area (Å²) in [5, 5.41) is 3.11. The van der Waals surface area contributed by atoms with Gasteiger partial charge in [-0.15, -0.1) is 0 Å². The largest absolute Gasteiger partial charge is 0.328 e. The molecule has 1 aliphatic heterocycles. The summed E-state index contributed by atoms with van der Waals surface area (Å²) < 4.78 is 2.29. The summed E-state index contributed by atoms with van der Waals surface area (Å²) >= 11 is 0. The van der Waals surface area contributed by atoms with Crippen molar-refractivity contribution in [3.8, 4) is 11.3 Å². The molecule has 1 saturated carbocycles. The Morgan fingerprint density at radius 1 is 1.17 bits per heavy atom. The molecule has 1 fully saturated rings. The number of fused-ring (bicyclic) bond motifs is 1. The molecule has 4 nitrogen and oxygen atoms in total. The van der Waals surface area contributed by atoms with Crippen LogP contribution in [0.4, 0.5) is 5.69 Å². The van der Waals surface area contributed by atoms with Crippen molar-refractivity contribution in [1.29, 1.82) is 0 Å². The van der Waals surface area contributed by atoms with Gasteiger partial charge in [0.1, 0.15) is 5.82 Å². The zero-order chi connectivity index (χ0) is 15.6. The highest BCUT2D eigenvalue weighted by molar-refractivity contribution is 5.93. The summed E-state index contributed by atoms with van der Waals surface area (Å²) in [6.45, 7) is 1.04. The van der Waals surface area contributed by atoms with Crippen LogP contribution in [0.1, 0.15) is 44.3 Å². The van der Waals surface area contributed by atoms with Crippen LogP contribution >= 0.6 is 0 Å². The van der Waals surface area contributed by atoms with E-state index in [2.05, 4.69) is 27.0 Å². The Balaban J connectivity index is 1.53. The predicted molar refractivity (Wildman–Crippen MR) is 91.2 cm³/mol. The second kappa shape index (κ2) is 6.19. The number of aromatic nitrogens is 2. The molecular weight excluding hydrogens is 286 g/mol. The van der Waals surface area contributed by atoms with Crippen LogP contribution in [0.5, 0.6) is 0 Å². The van der Waals surface area contributed by atoms with E-state index in [0.29, 0.717) is 0 Å². The Bertz CT molecular complexity index is 713. The van der Waals surface area contributed by atoms with E-state index in [1.54, 1.807) is 0 Å². The molecule has 4 heteroatoms. The summed E-state index contributed by atoms with van der Waals surface area (Å²) in [7, 11) is 0. The molecule has 1 amide bonds.